The molecule has 1 N–H and O–H groups in total. The van der Waals surface area contributed by atoms with Crippen LogP contribution in [0.2, 0.25) is 0 Å². The third kappa shape index (κ3) is 2.17. The molecule has 100 valence electrons. The molecule has 5 heteroatoms. The molecule has 2 aliphatic rings. The first kappa shape index (κ1) is 12.1. The number of aliphatic hydroxyl groups excluding tert-OH is 1. The smallest absolute Gasteiger partial charge is 0.147 e. The quantitative estimate of drug-likeness (QED) is 0.863. The van der Waals surface area contributed by atoms with Crippen LogP contribution in [-0.4, -0.2) is 44.0 Å². The van der Waals surface area contributed by atoms with Crippen LogP contribution >= 0.6 is 0 Å². The summed E-state index contributed by atoms with van der Waals surface area (Å²) in [5.41, 5.74) is 0. The normalized spacial score (nSPS) is 28.6. The van der Waals surface area contributed by atoms with Crippen molar-refractivity contribution < 1.29 is 5.11 Å². The molecule has 3 rings (SSSR count). The molecule has 0 aliphatic carbocycles. The van der Waals surface area contributed by atoms with E-state index < -0.39 is 0 Å². The summed E-state index contributed by atoms with van der Waals surface area (Å²) < 4.78 is 2.27. The Bertz CT molecular complexity index is 417. The Morgan fingerprint density at radius 2 is 2.17 bits per heavy atom. The number of hydrogen-bond acceptors (Lipinski definition) is 4. The Kier molecular flexibility index (Phi) is 3.35. The number of fused-ring (bicyclic) bond motifs is 1. The Balaban J connectivity index is 1.68. The summed E-state index contributed by atoms with van der Waals surface area (Å²) in [4.78, 5) is 2.31. The predicted octanol–water partition coefficient (Wildman–Crippen LogP) is 0.817. The van der Waals surface area contributed by atoms with Crippen LogP contribution < -0.4 is 0 Å². The van der Waals surface area contributed by atoms with Gasteiger partial charge in [-0.2, -0.15) is 0 Å². The number of likely N-dealkylation sites (tertiary alicyclic amines) is 1. The van der Waals surface area contributed by atoms with E-state index in [1.807, 2.05) is 0 Å². The number of aromatic nitrogens is 3. The highest BCUT2D eigenvalue weighted by atomic mass is 16.3. The van der Waals surface area contributed by atoms with Crippen molar-refractivity contribution in [3.8, 4) is 0 Å². The molecule has 0 spiro atoms. The van der Waals surface area contributed by atoms with Gasteiger partial charge in [-0.15, -0.1) is 10.2 Å². The molecular formula is C13H22N4O. The lowest BCUT2D eigenvalue weighted by molar-refractivity contribution is 0.139. The molecule has 0 radical (unpaired) electrons. The van der Waals surface area contributed by atoms with E-state index in [1.54, 1.807) is 0 Å². The second-order valence-electron chi connectivity index (χ2n) is 5.57. The lowest BCUT2D eigenvalue weighted by Crippen LogP contribution is -2.24. The number of rotatable bonds is 3. The first-order valence-corrected chi connectivity index (χ1v) is 7.09. The number of aliphatic hydroxyl groups is 1. The highest BCUT2D eigenvalue weighted by Crippen LogP contribution is 2.22. The van der Waals surface area contributed by atoms with Crippen molar-refractivity contribution in [3.63, 3.8) is 0 Å². The molecule has 2 atom stereocenters. The van der Waals surface area contributed by atoms with Gasteiger partial charge in [0.1, 0.15) is 11.6 Å². The van der Waals surface area contributed by atoms with E-state index in [-0.39, 0.29) is 6.10 Å². The number of nitrogens with zero attached hydrogens (tertiary/aromatic N) is 4. The zero-order valence-electron chi connectivity index (χ0n) is 11.0. The summed E-state index contributed by atoms with van der Waals surface area (Å²) in [6.45, 7) is 5.81. The minimum Gasteiger partial charge on any atom is -0.391 e. The molecule has 2 aliphatic heterocycles. The first-order chi connectivity index (χ1) is 8.78. The van der Waals surface area contributed by atoms with Crippen molar-refractivity contribution >= 4 is 0 Å². The highest BCUT2D eigenvalue weighted by molar-refractivity contribution is 4.99. The van der Waals surface area contributed by atoms with Gasteiger partial charge in [-0.3, -0.25) is 4.90 Å². The third-order valence-corrected chi connectivity index (χ3v) is 4.31. The van der Waals surface area contributed by atoms with Crippen molar-refractivity contribution in [2.75, 3.05) is 13.1 Å². The van der Waals surface area contributed by atoms with Gasteiger partial charge in [0, 0.05) is 26.1 Å². The van der Waals surface area contributed by atoms with Gasteiger partial charge in [0.2, 0.25) is 0 Å². The average Bonchev–Trinajstić information content (AvgIpc) is 2.94. The summed E-state index contributed by atoms with van der Waals surface area (Å²) in [5, 5.41) is 18.5. The molecule has 0 saturated carbocycles. The molecule has 3 heterocycles. The van der Waals surface area contributed by atoms with E-state index in [2.05, 4.69) is 26.6 Å². The molecule has 1 aromatic heterocycles. The van der Waals surface area contributed by atoms with Crippen LogP contribution in [0, 0.1) is 5.92 Å². The summed E-state index contributed by atoms with van der Waals surface area (Å²) in [7, 11) is 0. The van der Waals surface area contributed by atoms with E-state index in [4.69, 9.17) is 0 Å². The van der Waals surface area contributed by atoms with Crippen molar-refractivity contribution in [1.82, 2.24) is 19.7 Å². The van der Waals surface area contributed by atoms with Crippen molar-refractivity contribution in [2.45, 2.75) is 51.8 Å². The molecule has 1 fully saturated rings. The second kappa shape index (κ2) is 4.97. The van der Waals surface area contributed by atoms with E-state index in [9.17, 15) is 5.11 Å². The van der Waals surface area contributed by atoms with Crippen molar-refractivity contribution in [2.24, 2.45) is 5.92 Å². The van der Waals surface area contributed by atoms with E-state index >= 15 is 0 Å². The van der Waals surface area contributed by atoms with Crippen molar-refractivity contribution in [1.29, 1.82) is 0 Å². The molecule has 2 unspecified atom stereocenters. The fraction of sp³-hybridized carbons (Fsp3) is 0.846. The Hall–Kier alpha value is -0.940. The highest BCUT2D eigenvalue weighted by Gasteiger charge is 2.31. The lowest BCUT2D eigenvalue weighted by Gasteiger charge is -2.18. The molecular weight excluding hydrogens is 228 g/mol. The van der Waals surface area contributed by atoms with Gasteiger partial charge in [-0.1, -0.05) is 6.92 Å². The predicted molar refractivity (Wildman–Crippen MR) is 68.0 cm³/mol. The molecule has 18 heavy (non-hydrogen) atoms. The van der Waals surface area contributed by atoms with Gasteiger partial charge >= 0.3 is 0 Å². The third-order valence-electron chi connectivity index (χ3n) is 4.31. The maximum atomic E-state index is 9.94. The molecule has 1 aromatic rings. The Morgan fingerprint density at radius 1 is 1.28 bits per heavy atom. The molecule has 0 amide bonds. The zero-order valence-corrected chi connectivity index (χ0v) is 11.0. The number of aryl methyl sites for hydroxylation is 1. The van der Waals surface area contributed by atoms with Gasteiger partial charge in [-0.25, -0.2) is 0 Å². The van der Waals surface area contributed by atoms with Crippen LogP contribution in [0.15, 0.2) is 0 Å². The maximum absolute atomic E-state index is 9.94. The second-order valence-corrected chi connectivity index (χ2v) is 5.57. The summed E-state index contributed by atoms with van der Waals surface area (Å²) in [5.74, 6) is 2.64. The van der Waals surface area contributed by atoms with Crippen molar-refractivity contribution in [3.05, 3.63) is 11.6 Å². The summed E-state index contributed by atoms with van der Waals surface area (Å²) in [6.07, 6.45) is 4.42. The van der Waals surface area contributed by atoms with Crippen LogP contribution in [0.3, 0.4) is 0 Å². The van der Waals surface area contributed by atoms with Crippen LogP contribution in [0.4, 0.5) is 0 Å². The van der Waals surface area contributed by atoms with Crippen LogP contribution in [-0.2, 0) is 19.5 Å². The minimum atomic E-state index is -0.168. The minimum absolute atomic E-state index is 0.168. The average molecular weight is 250 g/mol. The molecule has 0 bridgehead atoms. The van der Waals surface area contributed by atoms with E-state index in [0.29, 0.717) is 5.92 Å². The van der Waals surface area contributed by atoms with Crippen LogP contribution in [0.1, 0.15) is 37.8 Å². The number of hydrogen-bond donors (Lipinski definition) is 1. The van der Waals surface area contributed by atoms with Gasteiger partial charge in [0.15, 0.2) is 0 Å². The van der Waals surface area contributed by atoms with Gasteiger partial charge in [-0.05, 0) is 25.2 Å². The first-order valence-electron chi connectivity index (χ1n) is 7.09. The van der Waals surface area contributed by atoms with Gasteiger partial charge in [0.25, 0.3) is 0 Å². The Labute approximate surface area is 108 Å². The summed E-state index contributed by atoms with van der Waals surface area (Å²) in [6, 6.07) is 0. The zero-order chi connectivity index (χ0) is 12.5. The van der Waals surface area contributed by atoms with Crippen LogP contribution in [0.5, 0.6) is 0 Å². The van der Waals surface area contributed by atoms with Gasteiger partial charge in [0.05, 0.1) is 12.6 Å². The standard InChI is InChI=1S/C13H22N4O/c1-2-10-7-16(8-11(10)18)9-13-15-14-12-5-3-4-6-17(12)13/h10-11,18H,2-9H2,1H3. The Morgan fingerprint density at radius 3 is 2.94 bits per heavy atom. The monoisotopic (exact) mass is 250 g/mol. The van der Waals surface area contributed by atoms with E-state index in [1.165, 1.54) is 12.8 Å². The van der Waals surface area contributed by atoms with Crippen LogP contribution in [0.25, 0.3) is 0 Å². The number of β-amino-alcohol motifs (C(OH)–C–C–N with tert-alkyl or cyclic N) is 1. The maximum Gasteiger partial charge on any atom is 0.147 e. The summed E-state index contributed by atoms with van der Waals surface area (Å²) >= 11 is 0. The SMILES string of the molecule is CCC1CN(Cc2nnc3n2CCCC3)CC1O. The molecule has 5 nitrogen and oxygen atoms in total. The largest absolute Gasteiger partial charge is 0.391 e. The fourth-order valence-corrected chi connectivity index (χ4v) is 3.16. The lowest BCUT2D eigenvalue weighted by atomic mass is 10.0. The molecule has 1 saturated heterocycles. The molecule has 0 aromatic carbocycles. The van der Waals surface area contributed by atoms with Gasteiger partial charge < -0.3 is 9.67 Å². The fourth-order valence-electron chi connectivity index (χ4n) is 3.16. The topological polar surface area (TPSA) is 54.2 Å². The van der Waals surface area contributed by atoms with E-state index in [0.717, 1.165) is 50.7 Å².